The van der Waals surface area contributed by atoms with Gasteiger partial charge in [-0.1, -0.05) is 30.3 Å². The van der Waals surface area contributed by atoms with Gasteiger partial charge in [-0.05, 0) is 55.5 Å². The lowest BCUT2D eigenvalue weighted by molar-refractivity contribution is -0.124. The van der Waals surface area contributed by atoms with E-state index >= 15 is 0 Å². The molecule has 0 spiro atoms. The van der Waals surface area contributed by atoms with Gasteiger partial charge in [-0.25, -0.2) is 0 Å². The molecule has 2 aromatic rings. The molecule has 0 saturated heterocycles. The van der Waals surface area contributed by atoms with Crippen LogP contribution in [0.3, 0.4) is 0 Å². The van der Waals surface area contributed by atoms with Crippen molar-refractivity contribution in [1.29, 1.82) is 0 Å². The van der Waals surface area contributed by atoms with Gasteiger partial charge in [-0.15, -0.1) is 0 Å². The molecular weight excluding hydrogens is 302 g/mol. The van der Waals surface area contributed by atoms with Crippen molar-refractivity contribution >= 4 is 11.6 Å². The first-order valence-corrected chi connectivity index (χ1v) is 8.45. The third-order valence-corrected chi connectivity index (χ3v) is 4.37. The lowest BCUT2D eigenvalue weighted by Crippen LogP contribution is -2.41. The fraction of sp³-hybridized carbons (Fsp3) is 0.350. The number of hydrogen-bond donors (Lipinski definition) is 1. The van der Waals surface area contributed by atoms with Crippen molar-refractivity contribution in [3.8, 4) is 5.75 Å². The number of amides is 1. The molecule has 1 aliphatic heterocycles. The highest BCUT2D eigenvalue weighted by Crippen LogP contribution is 2.27. The molecule has 24 heavy (non-hydrogen) atoms. The van der Waals surface area contributed by atoms with Gasteiger partial charge >= 0.3 is 0 Å². The number of aliphatic hydroxyl groups excluding tert-OH is 1. The van der Waals surface area contributed by atoms with Crippen LogP contribution in [0, 0.1) is 0 Å². The predicted octanol–water partition coefficient (Wildman–Crippen LogP) is 3.32. The number of fused-ring (bicyclic) bond motifs is 1. The first kappa shape index (κ1) is 16.5. The van der Waals surface area contributed by atoms with Crippen LogP contribution in [0.1, 0.15) is 30.9 Å². The SMILES string of the molecule is CC(Oc1cccc(CO)c1)C(=O)N1CCCCc2ccccc21. The normalized spacial score (nSPS) is 15.3. The Labute approximate surface area is 142 Å². The van der Waals surface area contributed by atoms with Crippen molar-refractivity contribution in [2.75, 3.05) is 11.4 Å². The number of para-hydroxylation sites is 1. The summed E-state index contributed by atoms with van der Waals surface area (Å²) in [4.78, 5) is 14.8. The first-order valence-electron chi connectivity index (χ1n) is 8.45. The quantitative estimate of drug-likeness (QED) is 0.938. The van der Waals surface area contributed by atoms with Crippen LogP contribution in [-0.2, 0) is 17.8 Å². The van der Waals surface area contributed by atoms with Crippen molar-refractivity contribution in [3.05, 3.63) is 59.7 Å². The molecular formula is C20H23NO3. The molecule has 0 fully saturated rings. The topological polar surface area (TPSA) is 49.8 Å². The lowest BCUT2D eigenvalue weighted by Gasteiger charge is -2.26. The van der Waals surface area contributed by atoms with Crippen LogP contribution in [0.2, 0.25) is 0 Å². The van der Waals surface area contributed by atoms with E-state index in [1.807, 2.05) is 35.2 Å². The largest absolute Gasteiger partial charge is 0.481 e. The summed E-state index contributed by atoms with van der Waals surface area (Å²) in [5.41, 5.74) is 2.99. The number of carbonyl (C=O) groups excluding carboxylic acids is 1. The summed E-state index contributed by atoms with van der Waals surface area (Å²) < 4.78 is 5.83. The zero-order valence-electron chi connectivity index (χ0n) is 13.9. The number of aliphatic hydroxyl groups is 1. The van der Waals surface area contributed by atoms with E-state index in [0.29, 0.717) is 5.75 Å². The number of ether oxygens (including phenoxy) is 1. The maximum absolute atomic E-state index is 12.9. The van der Waals surface area contributed by atoms with Crippen molar-refractivity contribution in [2.24, 2.45) is 0 Å². The van der Waals surface area contributed by atoms with E-state index in [0.717, 1.165) is 37.1 Å². The summed E-state index contributed by atoms with van der Waals surface area (Å²) in [7, 11) is 0. The zero-order valence-corrected chi connectivity index (χ0v) is 13.9. The fourth-order valence-corrected chi connectivity index (χ4v) is 3.11. The van der Waals surface area contributed by atoms with Gasteiger partial charge in [-0.3, -0.25) is 4.79 Å². The van der Waals surface area contributed by atoms with Crippen molar-refractivity contribution in [2.45, 2.75) is 38.9 Å². The maximum atomic E-state index is 12.9. The Morgan fingerprint density at radius 1 is 1.21 bits per heavy atom. The monoisotopic (exact) mass is 325 g/mol. The molecule has 0 saturated carbocycles. The molecule has 1 amide bonds. The van der Waals surface area contributed by atoms with Gasteiger partial charge in [0.15, 0.2) is 6.10 Å². The van der Waals surface area contributed by atoms with E-state index in [1.54, 1.807) is 19.1 Å². The Morgan fingerprint density at radius 3 is 2.88 bits per heavy atom. The molecule has 0 bridgehead atoms. The fourth-order valence-electron chi connectivity index (χ4n) is 3.11. The minimum absolute atomic E-state index is 0.0289. The molecule has 1 unspecified atom stereocenters. The number of carbonyl (C=O) groups is 1. The van der Waals surface area contributed by atoms with E-state index in [2.05, 4.69) is 6.07 Å². The third-order valence-electron chi connectivity index (χ3n) is 4.37. The van der Waals surface area contributed by atoms with E-state index in [4.69, 9.17) is 4.74 Å². The number of benzene rings is 2. The summed E-state index contributed by atoms with van der Waals surface area (Å²) in [5.74, 6) is 0.573. The summed E-state index contributed by atoms with van der Waals surface area (Å²) in [6.45, 7) is 2.46. The second kappa shape index (κ2) is 7.49. The van der Waals surface area contributed by atoms with Gasteiger partial charge in [0, 0.05) is 12.2 Å². The van der Waals surface area contributed by atoms with Crippen LogP contribution in [-0.4, -0.2) is 23.7 Å². The molecule has 126 valence electrons. The smallest absolute Gasteiger partial charge is 0.267 e. The summed E-state index contributed by atoms with van der Waals surface area (Å²) in [6.07, 6.45) is 2.51. The molecule has 1 atom stereocenters. The molecule has 1 aliphatic rings. The van der Waals surface area contributed by atoms with Gasteiger partial charge in [0.1, 0.15) is 5.75 Å². The van der Waals surface area contributed by atoms with Crippen LogP contribution >= 0.6 is 0 Å². The van der Waals surface area contributed by atoms with Crippen LogP contribution in [0.25, 0.3) is 0 Å². The van der Waals surface area contributed by atoms with Crippen LogP contribution < -0.4 is 9.64 Å². The minimum Gasteiger partial charge on any atom is -0.481 e. The standard InChI is InChI=1S/C20H23NO3/c1-15(24-18-10-6-7-16(13-18)14-22)20(23)21-12-5-4-9-17-8-2-3-11-19(17)21/h2-3,6-8,10-11,13,15,22H,4-5,9,12,14H2,1H3. The molecule has 4 nitrogen and oxygen atoms in total. The van der Waals surface area contributed by atoms with Gasteiger partial charge in [0.2, 0.25) is 0 Å². The second-order valence-corrected chi connectivity index (χ2v) is 6.14. The minimum atomic E-state index is -0.579. The Bertz CT molecular complexity index is 714. The van der Waals surface area contributed by atoms with E-state index < -0.39 is 6.10 Å². The molecule has 1 heterocycles. The highest BCUT2D eigenvalue weighted by atomic mass is 16.5. The number of anilines is 1. The predicted molar refractivity (Wildman–Crippen MR) is 94.2 cm³/mol. The Morgan fingerprint density at radius 2 is 2.04 bits per heavy atom. The Hall–Kier alpha value is -2.33. The van der Waals surface area contributed by atoms with Gasteiger partial charge < -0.3 is 14.7 Å². The average molecular weight is 325 g/mol. The number of rotatable bonds is 4. The Kier molecular flexibility index (Phi) is 5.16. The van der Waals surface area contributed by atoms with Crippen LogP contribution in [0.15, 0.2) is 48.5 Å². The Balaban J connectivity index is 1.78. The molecule has 0 radical (unpaired) electrons. The molecule has 0 aromatic heterocycles. The van der Waals surface area contributed by atoms with E-state index in [-0.39, 0.29) is 12.5 Å². The summed E-state index contributed by atoms with van der Waals surface area (Å²) in [6, 6.07) is 15.3. The van der Waals surface area contributed by atoms with Crippen LogP contribution in [0.4, 0.5) is 5.69 Å². The lowest BCUT2D eigenvalue weighted by atomic mass is 10.1. The third kappa shape index (κ3) is 3.60. The molecule has 0 aliphatic carbocycles. The summed E-state index contributed by atoms with van der Waals surface area (Å²) in [5, 5.41) is 9.22. The number of hydrogen-bond acceptors (Lipinski definition) is 3. The average Bonchev–Trinajstić information content (AvgIpc) is 2.83. The van der Waals surface area contributed by atoms with E-state index in [9.17, 15) is 9.90 Å². The maximum Gasteiger partial charge on any atom is 0.267 e. The van der Waals surface area contributed by atoms with Gasteiger partial charge in [-0.2, -0.15) is 0 Å². The van der Waals surface area contributed by atoms with Crippen molar-refractivity contribution in [1.82, 2.24) is 0 Å². The first-order chi connectivity index (χ1) is 11.7. The van der Waals surface area contributed by atoms with Crippen molar-refractivity contribution in [3.63, 3.8) is 0 Å². The highest BCUT2D eigenvalue weighted by Gasteiger charge is 2.26. The summed E-state index contributed by atoms with van der Waals surface area (Å²) >= 11 is 0. The number of aryl methyl sites for hydroxylation is 1. The molecule has 4 heteroatoms. The number of nitrogens with zero attached hydrogens (tertiary/aromatic N) is 1. The molecule has 2 aromatic carbocycles. The molecule has 3 rings (SSSR count). The van der Waals surface area contributed by atoms with Gasteiger partial charge in [0.05, 0.1) is 6.61 Å². The highest BCUT2D eigenvalue weighted by molar-refractivity contribution is 5.97. The van der Waals surface area contributed by atoms with Crippen LogP contribution in [0.5, 0.6) is 5.75 Å². The van der Waals surface area contributed by atoms with Gasteiger partial charge in [0.25, 0.3) is 5.91 Å². The molecule has 1 N–H and O–H groups in total. The van der Waals surface area contributed by atoms with E-state index in [1.165, 1.54) is 5.56 Å². The zero-order chi connectivity index (χ0) is 16.9. The van der Waals surface area contributed by atoms with Crippen molar-refractivity contribution < 1.29 is 14.6 Å². The second-order valence-electron chi connectivity index (χ2n) is 6.14.